The van der Waals surface area contributed by atoms with Gasteiger partial charge in [-0.25, -0.2) is 4.39 Å². The maximum absolute atomic E-state index is 12.8. The van der Waals surface area contributed by atoms with Crippen molar-refractivity contribution in [3.05, 3.63) is 58.1 Å². The molecule has 3 heteroatoms. The van der Waals surface area contributed by atoms with E-state index in [0.717, 1.165) is 11.1 Å². The summed E-state index contributed by atoms with van der Waals surface area (Å²) in [6.07, 6.45) is 0. The van der Waals surface area contributed by atoms with Crippen LogP contribution in [0.15, 0.2) is 42.5 Å². The van der Waals surface area contributed by atoms with Crippen LogP contribution < -0.4 is 0 Å². The SMILES string of the molecule is FCc1cc(Cl)ccc1-c1ccc(Cl)cc1. The van der Waals surface area contributed by atoms with E-state index in [1.54, 1.807) is 24.3 Å². The van der Waals surface area contributed by atoms with Gasteiger partial charge in [0.2, 0.25) is 0 Å². The zero-order valence-electron chi connectivity index (χ0n) is 8.38. The van der Waals surface area contributed by atoms with E-state index in [4.69, 9.17) is 23.2 Å². The minimum atomic E-state index is -0.529. The number of rotatable bonds is 2. The minimum absolute atomic E-state index is 0.529. The van der Waals surface area contributed by atoms with Crippen LogP contribution >= 0.6 is 23.2 Å². The fourth-order valence-corrected chi connectivity index (χ4v) is 1.90. The van der Waals surface area contributed by atoms with Gasteiger partial charge in [0.15, 0.2) is 0 Å². The summed E-state index contributed by atoms with van der Waals surface area (Å²) in [5.41, 5.74) is 2.38. The molecule has 0 nitrogen and oxygen atoms in total. The normalized spacial score (nSPS) is 10.4. The van der Waals surface area contributed by atoms with Crippen molar-refractivity contribution in [2.75, 3.05) is 0 Å². The van der Waals surface area contributed by atoms with Crippen LogP contribution in [0.5, 0.6) is 0 Å². The van der Waals surface area contributed by atoms with Crippen LogP contribution in [-0.2, 0) is 6.67 Å². The molecular weight excluding hydrogens is 246 g/mol. The second-order valence-corrected chi connectivity index (χ2v) is 4.31. The Hall–Kier alpha value is -1.05. The molecule has 0 bridgehead atoms. The van der Waals surface area contributed by atoms with Crippen LogP contribution in [0.3, 0.4) is 0 Å². The van der Waals surface area contributed by atoms with Crippen LogP contribution in [0.4, 0.5) is 4.39 Å². The zero-order chi connectivity index (χ0) is 11.5. The Morgan fingerprint density at radius 2 is 1.50 bits per heavy atom. The average molecular weight is 255 g/mol. The van der Waals surface area contributed by atoms with Gasteiger partial charge in [0.05, 0.1) is 0 Å². The highest BCUT2D eigenvalue weighted by atomic mass is 35.5. The third kappa shape index (κ3) is 2.37. The molecule has 2 aromatic carbocycles. The third-order valence-corrected chi connectivity index (χ3v) is 2.85. The average Bonchev–Trinajstić information content (AvgIpc) is 2.30. The molecule has 0 unspecified atom stereocenters. The lowest BCUT2D eigenvalue weighted by atomic mass is 10.0. The van der Waals surface area contributed by atoms with Crippen molar-refractivity contribution in [3.63, 3.8) is 0 Å². The number of halogens is 3. The first-order chi connectivity index (χ1) is 7.70. The lowest BCUT2D eigenvalue weighted by molar-refractivity contribution is 0.486. The molecule has 0 saturated heterocycles. The lowest BCUT2D eigenvalue weighted by Crippen LogP contribution is -1.86. The molecule has 16 heavy (non-hydrogen) atoms. The molecule has 0 aromatic heterocycles. The molecule has 0 atom stereocenters. The highest BCUT2D eigenvalue weighted by molar-refractivity contribution is 6.31. The summed E-state index contributed by atoms with van der Waals surface area (Å²) in [6.45, 7) is -0.529. The molecule has 2 aromatic rings. The molecule has 0 radical (unpaired) electrons. The van der Waals surface area contributed by atoms with Crippen LogP contribution in [0, 0.1) is 0 Å². The van der Waals surface area contributed by atoms with Gasteiger partial charge in [-0.15, -0.1) is 0 Å². The molecule has 82 valence electrons. The molecule has 0 heterocycles. The number of benzene rings is 2. The highest BCUT2D eigenvalue weighted by Gasteiger charge is 2.05. The van der Waals surface area contributed by atoms with Gasteiger partial charge in [-0.3, -0.25) is 0 Å². The van der Waals surface area contributed by atoms with Crippen LogP contribution in [0.1, 0.15) is 5.56 Å². The third-order valence-electron chi connectivity index (χ3n) is 2.37. The Balaban J connectivity index is 2.51. The molecular formula is C13H9Cl2F. The first-order valence-corrected chi connectivity index (χ1v) is 5.56. The fraction of sp³-hybridized carbons (Fsp3) is 0.0769. The van der Waals surface area contributed by atoms with Crippen molar-refractivity contribution in [3.8, 4) is 11.1 Å². The monoisotopic (exact) mass is 254 g/mol. The Labute approximate surface area is 104 Å². The van der Waals surface area contributed by atoms with E-state index in [0.29, 0.717) is 15.6 Å². The van der Waals surface area contributed by atoms with Crippen molar-refractivity contribution in [2.24, 2.45) is 0 Å². The van der Waals surface area contributed by atoms with Gasteiger partial charge in [0.1, 0.15) is 6.67 Å². The number of alkyl halides is 1. The van der Waals surface area contributed by atoms with Crippen LogP contribution in [0.2, 0.25) is 10.0 Å². The molecule has 0 amide bonds. The van der Waals surface area contributed by atoms with E-state index < -0.39 is 6.67 Å². The Morgan fingerprint density at radius 3 is 2.12 bits per heavy atom. The number of hydrogen-bond acceptors (Lipinski definition) is 0. The topological polar surface area (TPSA) is 0 Å². The van der Waals surface area contributed by atoms with E-state index in [-0.39, 0.29) is 0 Å². The van der Waals surface area contributed by atoms with E-state index in [9.17, 15) is 4.39 Å². The zero-order valence-corrected chi connectivity index (χ0v) is 9.89. The molecule has 0 fully saturated rings. The van der Waals surface area contributed by atoms with Gasteiger partial charge in [-0.2, -0.15) is 0 Å². The summed E-state index contributed by atoms with van der Waals surface area (Å²) < 4.78 is 12.8. The lowest BCUT2D eigenvalue weighted by Gasteiger charge is -2.07. The molecule has 0 spiro atoms. The van der Waals surface area contributed by atoms with Gasteiger partial charge >= 0.3 is 0 Å². The summed E-state index contributed by atoms with van der Waals surface area (Å²) in [7, 11) is 0. The Morgan fingerprint density at radius 1 is 0.875 bits per heavy atom. The summed E-state index contributed by atoms with van der Waals surface area (Å²) in [5, 5.41) is 1.21. The minimum Gasteiger partial charge on any atom is -0.246 e. The maximum Gasteiger partial charge on any atom is 0.115 e. The van der Waals surface area contributed by atoms with Crippen molar-refractivity contribution in [1.82, 2.24) is 0 Å². The summed E-state index contributed by atoms with van der Waals surface area (Å²) in [4.78, 5) is 0. The van der Waals surface area contributed by atoms with Gasteiger partial charge < -0.3 is 0 Å². The summed E-state index contributed by atoms with van der Waals surface area (Å²) in [5.74, 6) is 0. The molecule has 0 aliphatic carbocycles. The van der Waals surface area contributed by atoms with Gasteiger partial charge in [0, 0.05) is 10.0 Å². The first kappa shape index (κ1) is 11.4. The molecule has 2 rings (SSSR count). The van der Waals surface area contributed by atoms with Crippen LogP contribution in [0.25, 0.3) is 11.1 Å². The van der Waals surface area contributed by atoms with Crippen molar-refractivity contribution >= 4 is 23.2 Å². The van der Waals surface area contributed by atoms with Gasteiger partial charge in [-0.05, 0) is 41.0 Å². The molecule has 0 aliphatic heterocycles. The second kappa shape index (κ2) is 4.86. The largest absolute Gasteiger partial charge is 0.246 e. The standard InChI is InChI=1S/C13H9Cl2F/c14-11-3-1-9(2-4-11)13-6-5-12(15)7-10(13)8-16/h1-7H,8H2. The molecule has 0 N–H and O–H groups in total. The maximum atomic E-state index is 12.8. The Kier molecular flexibility index (Phi) is 3.47. The fourth-order valence-electron chi connectivity index (χ4n) is 1.58. The highest BCUT2D eigenvalue weighted by Crippen LogP contribution is 2.28. The van der Waals surface area contributed by atoms with E-state index in [1.165, 1.54) is 0 Å². The van der Waals surface area contributed by atoms with E-state index in [2.05, 4.69) is 0 Å². The van der Waals surface area contributed by atoms with Gasteiger partial charge in [-0.1, -0.05) is 41.4 Å². The molecule has 0 aliphatic rings. The summed E-state index contributed by atoms with van der Waals surface area (Å²) >= 11 is 11.6. The van der Waals surface area contributed by atoms with Crippen molar-refractivity contribution in [1.29, 1.82) is 0 Å². The second-order valence-electron chi connectivity index (χ2n) is 3.44. The predicted octanol–water partition coefficient (Wildman–Crippen LogP) is 5.13. The quantitative estimate of drug-likeness (QED) is 0.697. The Bertz CT molecular complexity index is 492. The first-order valence-electron chi connectivity index (χ1n) is 4.81. The van der Waals surface area contributed by atoms with Crippen LogP contribution in [-0.4, -0.2) is 0 Å². The van der Waals surface area contributed by atoms with Gasteiger partial charge in [0.25, 0.3) is 0 Å². The van der Waals surface area contributed by atoms with E-state index in [1.807, 2.05) is 18.2 Å². The summed E-state index contributed by atoms with van der Waals surface area (Å²) in [6, 6.07) is 12.5. The van der Waals surface area contributed by atoms with Crippen molar-refractivity contribution < 1.29 is 4.39 Å². The predicted molar refractivity (Wildman–Crippen MR) is 66.7 cm³/mol. The number of hydrogen-bond donors (Lipinski definition) is 0. The van der Waals surface area contributed by atoms with E-state index >= 15 is 0 Å². The smallest absolute Gasteiger partial charge is 0.115 e. The van der Waals surface area contributed by atoms with Crippen molar-refractivity contribution in [2.45, 2.75) is 6.67 Å². The molecule has 0 saturated carbocycles.